The minimum atomic E-state index is -0.714. The minimum Gasteiger partial charge on any atom is -0.481 e. The summed E-state index contributed by atoms with van der Waals surface area (Å²) in [5, 5.41) is 14.5. The smallest absolute Gasteiger partial charge is 0.303 e. The molecular formula is C16H19NO2. The second-order valence-electron chi connectivity index (χ2n) is 4.67. The zero-order valence-corrected chi connectivity index (χ0v) is 10.9. The van der Waals surface area contributed by atoms with Crippen molar-refractivity contribution in [2.75, 3.05) is 6.54 Å². The van der Waals surface area contributed by atoms with Crippen LogP contribution in [0, 0.1) is 0 Å². The van der Waals surface area contributed by atoms with Crippen molar-refractivity contribution >= 4 is 16.7 Å². The highest BCUT2D eigenvalue weighted by atomic mass is 16.4. The van der Waals surface area contributed by atoms with Gasteiger partial charge in [-0.15, -0.1) is 0 Å². The number of carboxylic acid groups (broad SMARTS) is 1. The van der Waals surface area contributed by atoms with Crippen LogP contribution in [0.3, 0.4) is 0 Å². The average Bonchev–Trinajstić information content (AvgIpc) is 2.42. The lowest BCUT2D eigenvalue weighted by Crippen LogP contribution is -2.15. The fraction of sp³-hybridized carbons (Fsp3) is 0.312. The van der Waals surface area contributed by atoms with Gasteiger partial charge in [0.15, 0.2) is 0 Å². The third kappa shape index (κ3) is 4.07. The van der Waals surface area contributed by atoms with Crippen LogP contribution in [-0.4, -0.2) is 17.6 Å². The number of hydrogen-bond acceptors (Lipinski definition) is 2. The molecule has 0 unspecified atom stereocenters. The standard InChI is InChI=1S/C16H19NO2/c18-16(19)10-3-4-11-17-12-14-8-5-7-13-6-1-2-9-15(13)14/h1-2,5-9,17H,3-4,10-12H2,(H,18,19). The second-order valence-corrected chi connectivity index (χ2v) is 4.67. The molecule has 19 heavy (non-hydrogen) atoms. The maximum Gasteiger partial charge on any atom is 0.303 e. The van der Waals surface area contributed by atoms with Gasteiger partial charge in [0.05, 0.1) is 0 Å². The van der Waals surface area contributed by atoms with Crippen molar-refractivity contribution in [3.05, 3.63) is 48.0 Å². The molecule has 0 atom stereocenters. The summed E-state index contributed by atoms with van der Waals surface area (Å²) in [5.74, 6) is -0.714. The molecule has 2 aromatic carbocycles. The highest BCUT2D eigenvalue weighted by Crippen LogP contribution is 2.18. The average molecular weight is 257 g/mol. The van der Waals surface area contributed by atoms with Crippen LogP contribution in [0.5, 0.6) is 0 Å². The third-order valence-electron chi connectivity index (χ3n) is 3.19. The van der Waals surface area contributed by atoms with E-state index in [9.17, 15) is 4.79 Å². The number of fused-ring (bicyclic) bond motifs is 1. The van der Waals surface area contributed by atoms with Gasteiger partial charge in [0.25, 0.3) is 0 Å². The first kappa shape index (κ1) is 13.6. The molecule has 3 heteroatoms. The van der Waals surface area contributed by atoms with Gasteiger partial charge in [0, 0.05) is 13.0 Å². The zero-order chi connectivity index (χ0) is 13.5. The maximum atomic E-state index is 10.4. The van der Waals surface area contributed by atoms with Crippen LogP contribution in [0.15, 0.2) is 42.5 Å². The third-order valence-corrected chi connectivity index (χ3v) is 3.19. The van der Waals surface area contributed by atoms with E-state index in [1.54, 1.807) is 0 Å². The Morgan fingerprint density at radius 1 is 1.05 bits per heavy atom. The van der Waals surface area contributed by atoms with Gasteiger partial charge in [-0.25, -0.2) is 0 Å². The Labute approximate surface area is 113 Å². The Hall–Kier alpha value is -1.87. The predicted octanol–water partition coefficient (Wildman–Crippen LogP) is 3.18. The number of nitrogens with one attached hydrogen (secondary N) is 1. The van der Waals surface area contributed by atoms with Gasteiger partial charge in [-0.3, -0.25) is 4.79 Å². The van der Waals surface area contributed by atoms with Gasteiger partial charge < -0.3 is 10.4 Å². The molecule has 0 saturated heterocycles. The molecule has 0 heterocycles. The van der Waals surface area contributed by atoms with Crippen molar-refractivity contribution in [2.24, 2.45) is 0 Å². The van der Waals surface area contributed by atoms with Gasteiger partial charge in [0.2, 0.25) is 0 Å². The van der Waals surface area contributed by atoms with E-state index in [0.29, 0.717) is 0 Å². The Balaban J connectivity index is 1.83. The van der Waals surface area contributed by atoms with Crippen molar-refractivity contribution in [3.8, 4) is 0 Å². The normalized spacial score (nSPS) is 10.7. The van der Waals surface area contributed by atoms with Crippen LogP contribution in [0.25, 0.3) is 10.8 Å². The van der Waals surface area contributed by atoms with Crippen molar-refractivity contribution in [3.63, 3.8) is 0 Å². The number of aliphatic carboxylic acids is 1. The Morgan fingerprint density at radius 3 is 2.68 bits per heavy atom. The number of benzene rings is 2. The summed E-state index contributed by atoms with van der Waals surface area (Å²) in [4.78, 5) is 10.4. The number of hydrogen-bond donors (Lipinski definition) is 2. The molecular weight excluding hydrogens is 238 g/mol. The maximum absolute atomic E-state index is 10.4. The first-order chi connectivity index (χ1) is 9.27. The summed E-state index contributed by atoms with van der Waals surface area (Å²) >= 11 is 0. The fourth-order valence-electron chi connectivity index (χ4n) is 2.20. The van der Waals surface area contributed by atoms with E-state index in [-0.39, 0.29) is 6.42 Å². The van der Waals surface area contributed by atoms with E-state index < -0.39 is 5.97 Å². The molecule has 0 saturated carbocycles. The molecule has 0 radical (unpaired) electrons. The van der Waals surface area contributed by atoms with Gasteiger partial charge in [-0.2, -0.15) is 0 Å². The van der Waals surface area contributed by atoms with Crippen LogP contribution in [0.2, 0.25) is 0 Å². The summed E-state index contributed by atoms with van der Waals surface area (Å²) in [7, 11) is 0. The number of unbranched alkanes of at least 4 members (excludes halogenated alkanes) is 1. The van der Waals surface area contributed by atoms with Crippen molar-refractivity contribution in [1.82, 2.24) is 5.32 Å². The number of carbonyl (C=O) groups is 1. The van der Waals surface area contributed by atoms with E-state index >= 15 is 0 Å². The van der Waals surface area contributed by atoms with E-state index in [1.807, 2.05) is 6.07 Å². The molecule has 100 valence electrons. The van der Waals surface area contributed by atoms with E-state index in [1.165, 1.54) is 16.3 Å². The van der Waals surface area contributed by atoms with Gasteiger partial charge >= 0.3 is 5.97 Å². The highest BCUT2D eigenvalue weighted by Gasteiger charge is 2.00. The molecule has 3 nitrogen and oxygen atoms in total. The molecule has 0 bridgehead atoms. The largest absolute Gasteiger partial charge is 0.481 e. The summed E-state index contributed by atoms with van der Waals surface area (Å²) in [6.45, 7) is 1.69. The van der Waals surface area contributed by atoms with Crippen molar-refractivity contribution < 1.29 is 9.90 Å². The van der Waals surface area contributed by atoms with Crippen LogP contribution in [0.4, 0.5) is 0 Å². The molecule has 0 amide bonds. The molecule has 0 aliphatic carbocycles. The monoisotopic (exact) mass is 257 g/mol. The van der Waals surface area contributed by atoms with Crippen LogP contribution < -0.4 is 5.32 Å². The van der Waals surface area contributed by atoms with Crippen LogP contribution >= 0.6 is 0 Å². The first-order valence-electron chi connectivity index (χ1n) is 6.66. The topological polar surface area (TPSA) is 49.3 Å². The number of carboxylic acids is 1. The predicted molar refractivity (Wildman–Crippen MR) is 77.1 cm³/mol. The SMILES string of the molecule is O=C(O)CCCCNCc1cccc2ccccc12. The molecule has 2 rings (SSSR count). The molecule has 0 fully saturated rings. The quantitative estimate of drug-likeness (QED) is 0.749. The van der Waals surface area contributed by atoms with Crippen molar-refractivity contribution in [2.45, 2.75) is 25.8 Å². The summed E-state index contributed by atoms with van der Waals surface area (Å²) in [6, 6.07) is 14.7. The van der Waals surface area contributed by atoms with Gasteiger partial charge in [0.1, 0.15) is 0 Å². The van der Waals surface area contributed by atoms with E-state index in [4.69, 9.17) is 5.11 Å². The van der Waals surface area contributed by atoms with Gasteiger partial charge in [-0.1, -0.05) is 42.5 Å². The minimum absolute atomic E-state index is 0.260. The fourth-order valence-corrected chi connectivity index (χ4v) is 2.20. The molecule has 0 spiro atoms. The Morgan fingerprint density at radius 2 is 1.84 bits per heavy atom. The lowest BCUT2D eigenvalue weighted by molar-refractivity contribution is -0.137. The lowest BCUT2D eigenvalue weighted by atomic mass is 10.0. The molecule has 0 aliphatic rings. The first-order valence-corrected chi connectivity index (χ1v) is 6.66. The summed E-state index contributed by atoms with van der Waals surface area (Å²) in [6.07, 6.45) is 1.89. The summed E-state index contributed by atoms with van der Waals surface area (Å²) in [5.41, 5.74) is 1.29. The van der Waals surface area contributed by atoms with Crippen LogP contribution in [-0.2, 0) is 11.3 Å². The number of rotatable bonds is 7. The Bertz CT molecular complexity index is 546. The van der Waals surface area contributed by atoms with Crippen LogP contribution in [0.1, 0.15) is 24.8 Å². The van der Waals surface area contributed by atoms with Crippen molar-refractivity contribution in [1.29, 1.82) is 0 Å². The molecule has 2 N–H and O–H groups in total. The molecule has 2 aromatic rings. The molecule has 0 aliphatic heterocycles. The zero-order valence-electron chi connectivity index (χ0n) is 10.9. The highest BCUT2D eigenvalue weighted by molar-refractivity contribution is 5.85. The van der Waals surface area contributed by atoms with E-state index in [0.717, 1.165) is 25.9 Å². The molecule has 0 aromatic heterocycles. The van der Waals surface area contributed by atoms with Gasteiger partial charge in [-0.05, 0) is 35.7 Å². The Kier molecular flexibility index (Phi) is 4.93. The second kappa shape index (κ2) is 6.90. The summed E-state index contributed by atoms with van der Waals surface area (Å²) < 4.78 is 0. The van der Waals surface area contributed by atoms with E-state index in [2.05, 4.69) is 41.7 Å². The lowest BCUT2D eigenvalue weighted by Gasteiger charge is -2.08.